The number of hydrogen-bond donors (Lipinski definition) is 1. The molecule has 0 aromatic heterocycles. The number of likely N-dealkylation sites (tertiary alicyclic amines) is 1. The molecular weight excluding hydrogens is 495 g/mol. The summed E-state index contributed by atoms with van der Waals surface area (Å²) >= 11 is 0. The van der Waals surface area contributed by atoms with Crippen LogP contribution in [0.25, 0.3) is 0 Å². The zero-order chi connectivity index (χ0) is 19.7. The van der Waals surface area contributed by atoms with E-state index < -0.39 is 10.0 Å². The summed E-state index contributed by atoms with van der Waals surface area (Å²) in [7, 11) is -1.38. The number of hydrogen-bond acceptors (Lipinski definition) is 5. The number of methoxy groups -OCH3 is 1. The molecule has 2 aliphatic heterocycles. The topological polar surface area (TPSA) is 83.5 Å². The number of sulfonamides is 1. The monoisotopic (exact) mass is 532 g/mol. The minimum atomic E-state index is -3.06. The molecule has 0 aliphatic carbocycles. The van der Waals surface area contributed by atoms with E-state index in [4.69, 9.17) is 14.5 Å². The third-order valence-corrected chi connectivity index (χ3v) is 6.55. The molecular formula is C18H37IN4O4S. The molecule has 0 aromatic rings. The quantitative estimate of drug-likeness (QED) is 0.208. The zero-order valence-electron chi connectivity index (χ0n) is 17.4. The average Bonchev–Trinajstić information content (AvgIpc) is 3.11. The molecule has 0 radical (unpaired) electrons. The van der Waals surface area contributed by atoms with Crippen LogP contribution in [-0.4, -0.2) is 96.0 Å². The highest BCUT2D eigenvalue weighted by molar-refractivity contribution is 14.0. The van der Waals surface area contributed by atoms with E-state index in [1.165, 1.54) is 6.26 Å². The maximum Gasteiger partial charge on any atom is 0.211 e. The highest BCUT2D eigenvalue weighted by Gasteiger charge is 2.27. The lowest BCUT2D eigenvalue weighted by atomic mass is 9.98. The molecule has 2 aliphatic rings. The Morgan fingerprint density at radius 2 is 1.82 bits per heavy atom. The lowest BCUT2D eigenvalue weighted by molar-refractivity contribution is 0.0536. The van der Waals surface area contributed by atoms with Gasteiger partial charge in [0.05, 0.1) is 26.1 Å². The molecule has 28 heavy (non-hydrogen) atoms. The Morgan fingerprint density at radius 3 is 2.43 bits per heavy atom. The van der Waals surface area contributed by atoms with Crippen LogP contribution in [0.15, 0.2) is 4.99 Å². The van der Waals surface area contributed by atoms with Gasteiger partial charge in [-0.3, -0.25) is 4.99 Å². The Morgan fingerprint density at radius 1 is 1.14 bits per heavy atom. The SMILES string of the molecule is CCNC(=NCC1CCN(S(C)(=O)=O)CC1)N1CCC(COCCOC)C1.I. The third kappa shape index (κ3) is 8.68. The Kier molecular flexibility index (Phi) is 12.2. The first kappa shape index (κ1) is 25.9. The summed E-state index contributed by atoms with van der Waals surface area (Å²) in [6.07, 6.45) is 4.17. The molecule has 0 aromatic carbocycles. The number of halogens is 1. The zero-order valence-corrected chi connectivity index (χ0v) is 20.6. The van der Waals surface area contributed by atoms with Gasteiger partial charge in [0, 0.05) is 52.3 Å². The molecule has 1 N–H and O–H groups in total. The van der Waals surface area contributed by atoms with E-state index >= 15 is 0 Å². The van der Waals surface area contributed by atoms with Gasteiger partial charge in [0.1, 0.15) is 0 Å². The van der Waals surface area contributed by atoms with Crippen molar-refractivity contribution in [2.45, 2.75) is 26.2 Å². The normalized spacial score (nSPS) is 22.3. The average molecular weight is 532 g/mol. The lowest BCUT2D eigenvalue weighted by Gasteiger charge is -2.30. The van der Waals surface area contributed by atoms with Gasteiger partial charge in [0.25, 0.3) is 0 Å². The van der Waals surface area contributed by atoms with Gasteiger partial charge in [-0.15, -0.1) is 24.0 Å². The van der Waals surface area contributed by atoms with E-state index in [1.54, 1.807) is 11.4 Å². The fourth-order valence-corrected chi connectivity index (χ4v) is 4.49. The van der Waals surface area contributed by atoms with Crippen LogP contribution in [0.1, 0.15) is 26.2 Å². The minimum absolute atomic E-state index is 0. The summed E-state index contributed by atoms with van der Waals surface area (Å²) in [4.78, 5) is 7.17. The number of nitrogens with zero attached hydrogens (tertiary/aromatic N) is 3. The molecule has 0 saturated carbocycles. The first-order valence-electron chi connectivity index (χ1n) is 9.99. The summed E-state index contributed by atoms with van der Waals surface area (Å²) in [5.41, 5.74) is 0. The number of rotatable bonds is 9. The van der Waals surface area contributed by atoms with Crippen molar-refractivity contribution < 1.29 is 17.9 Å². The highest BCUT2D eigenvalue weighted by Crippen LogP contribution is 2.20. The van der Waals surface area contributed by atoms with E-state index in [0.717, 1.165) is 58.0 Å². The molecule has 2 rings (SSSR count). The van der Waals surface area contributed by atoms with Gasteiger partial charge in [0.2, 0.25) is 10.0 Å². The first-order chi connectivity index (χ1) is 12.9. The molecule has 1 atom stereocenters. The van der Waals surface area contributed by atoms with Crippen LogP contribution in [0.4, 0.5) is 0 Å². The van der Waals surface area contributed by atoms with Gasteiger partial charge in [0.15, 0.2) is 5.96 Å². The fraction of sp³-hybridized carbons (Fsp3) is 0.944. The minimum Gasteiger partial charge on any atom is -0.382 e. The fourth-order valence-electron chi connectivity index (χ4n) is 3.62. The van der Waals surface area contributed by atoms with Crippen molar-refractivity contribution in [3.8, 4) is 0 Å². The molecule has 2 heterocycles. The Bertz CT molecular complexity index is 568. The van der Waals surface area contributed by atoms with E-state index in [9.17, 15) is 8.42 Å². The van der Waals surface area contributed by atoms with Crippen LogP contribution < -0.4 is 5.32 Å². The molecule has 0 spiro atoms. The van der Waals surface area contributed by atoms with E-state index in [-0.39, 0.29) is 24.0 Å². The maximum atomic E-state index is 11.6. The summed E-state index contributed by atoms with van der Waals surface area (Å²) in [5, 5.41) is 3.40. The number of ether oxygens (including phenoxy) is 2. The van der Waals surface area contributed by atoms with Crippen LogP contribution in [0.2, 0.25) is 0 Å². The largest absolute Gasteiger partial charge is 0.382 e. The predicted octanol–water partition coefficient (Wildman–Crippen LogP) is 1.23. The number of piperidine rings is 1. The number of nitrogens with one attached hydrogen (secondary N) is 1. The summed E-state index contributed by atoms with van der Waals surface area (Å²) < 4.78 is 35.5. The van der Waals surface area contributed by atoms with Crippen molar-refractivity contribution in [2.24, 2.45) is 16.8 Å². The van der Waals surface area contributed by atoms with Crippen molar-refractivity contribution in [3.05, 3.63) is 0 Å². The summed E-state index contributed by atoms with van der Waals surface area (Å²) in [5.74, 6) is 1.96. The molecule has 2 saturated heterocycles. The van der Waals surface area contributed by atoms with Gasteiger partial charge < -0.3 is 19.7 Å². The van der Waals surface area contributed by atoms with Crippen molar-refractivity contribution >= 4 is 40.0 Å². The molecule has 0 amide bonds. The lowest BCUT2D eigenvalue weighted by Crippen LogP contribution is -2.41. The van der Waals surface area contributed by atoms with Gasteiger partial charge in [-0.1, -0.05) is 0 Å². The van der Waals surface area contributed by atoms with Crippen LogP contribution in [-0.2, 0) is 19.5 Å². The van der Waals surface area contributed by atoms with Crippen molar-refractivity contribution in [1.82, 2.24) is 14.5 Å². The summed E-state index contributed by atoms with van der Waals surface area (Å²) in [6, 6.07) is 0. The van der Waals surface area contributed by atoms with E-state index in [0.29, 0.717) is 38.1 Å². The van der Waals surface area contributed by atoms with Crippen molar-refractivity contribution in [1.29, 1.82) is 0 Å². The first-order valence-corrected chi connectivity index (χ1v) is 11.8. The number of guanidine groups is 1. The van der Waals surface area contributed by atoms with Gasteiger partial charge in [-0.05, 0) is 32.1 Å². The van der Waals surface area contributed by atoms with Gasteiger partial charge in [-0.2, -0.15) is 0 Å². The summed E-state index contributed by atoms with van der Waals surface area (Å²) in [6.45, 7) is 8.92. The van der Waals surface area contributed by atoms with Crippen LogP contribution >= 0.6 is 24.0 Å². The molecule has 8 nitrogen and oxygen atoms in total. The second-order valence-electron chi connectivity index (χ2n) is 7.47. The molecule has 10 heteroatoms. The Hall–Kier alpha value is -0.170. The Labute approximate surface area is 187 Å². The maximum absolute atomic E-state index is 11.6. The second kappa shape index (κ2) is 13.2. The van der Waals surface area contributed by atoms with E-state index in [2.05, 4.69) is 17.1 Å². The smallest absolute Gasteiger partial charge is 0.211 e. The second-order valence-corrected chi connectivity index (χ2v) is 9.45. The highest BCUT2D eigenvalue weighted by atomic mass is 127. The van der Waals surface area contributed by atoms with Crippen molar-refractivity contribution in [3.63, 3.8) is 0 Å². The molecule has 2 fully saturated rings. The van der Waals surface area contributed by atoms with Crippen LogP contribution in [0, 0.1) is 11.8 Å². The standard InChI is InChI=1S/C18H36N4O4S.HI/c1-4-19-18(21-8-5-17(14-21)15-26-12-11-25-2)20-13-16-6-9-22(10-7-16)27(3,23)24;/h16-17H,4-15H2,1-3H3,(H,19,20);1H. The third-order valence-electron chi connectivity index (χ3n) is 5.25. The van der Waals surface area contributed by atoms with Gasteiger partial charge >= 0.3 is 0 Å². The van der Waals surface area contributed by atoms with Crippen LogP contribution in [0.3, 0.4) is 0 Å². The molecule has 0 bridgehead atoms. The molecule has 1 unspecified atom stereocenters. The van der Waals surface area contributed by atoms with E-state index in [1.807, 2.05) is 0 Å². The van der Waals surface area contributed by atoms with Crippen molar-refractivity contribution in [2.75, 3.05) is 72.5 Å². The molecule has 166 valence electrons. The Balaban J connectivity index is 0.00000392. The van der Waals surface area contributed by atoms with Gasteiger partial charge in [-0.25, -0.2) is 12.7 Å². The van der Waals surface area contributed by atoms with Crippen LogP contribution in [0.5, 0.6) is 0 Å². The predicted molar refractivity (Wildman–Crippen MR) is 123 cm³/mol. The number of aliphatic imine (C=N–C) groups is 1.